The van der Waals surface area contributed by atoms with Crippen LogP contribution in [0.25, 0.3) is 11.0 Å². The number of hydrogen-bond acceptors (Lipinski definition) is 3. The van der Waals surface area contributed by atoms with Gasteiger partial charge in [-0.15, -0.1) is 0 Å². The molecule has 1 aromatic heterocycles. The van der Waals surface area contributed by atoms with Gasteiger partial charge in [-0.1, -0.05) is 60.1 Å². The second-order valence-corrected chi connectivity index (χ2v) is 9.05. The quantitative estimate of drug-likeness (QED) is 0.444. The first-order valence-corrected chi connectivity index (χ1v) is 11.7. The summed E-state index contributed by atoms with van der Waals surface area (Å²) >= 11 is 5.97. The molecule has 4 aromatic rings. The summed E-state index contributed by atoms with van der Waals surface area (Å²) in [7, 11) is 0. The van der Waals surface area contributed by atoms with E-state index in [9.17, 15) is 14.4 Å². The maximum Gasteiger partial charge on any atom is 0.317 e. The van der Waals surface area contributed by atoms with Gasteiger partial charge in [-0.05, 0) is 60.2 Å². The highest BCUT2D eigenvalue weighted by atomic mass is 35.5. The molecule has 1 heterocycles. The second-order valence-electron chi connectivity index (χ2n) is 8.61. The molecule has 5 rings (SSSR count). The molecule has 1 aliphatic rings. The standard InChI is InChI=1S/C27H24ClN3O3/c28-20-14-12-18(13-15-20)16-30-23-10-3-4-11-24(23)31(27(34)26(30)33)17-25(32)29-22-9-5-7-19-6-1-2-8-21(19)22/h1-4,6,8,10-15,22H,5,7,9,16-17H2,(H,29,32)/t22-/m0/s1. The van der Waals surface area contributed by atoms with Crippen molar-refractivity contribution in [3.05, 3.63) is 115 Å². The van der Waals surface area contributed by atoms with Crippen molar-refractivity contribution in [3.63, 3.8) is 0 Å². The van der Waals surface area contributed by atoms with Crippen molar-refractivity contribution in [3.8, 4) is 0 Å². The van der Waals surface area contributed by atoms with E-state index >= 15 is 0 Å². The first kappa shape index (κ1) is 22.2. The predicted octanol–water partition coefficient (Wildman–Crippen LogP) is 4.06. The number of hydrogen-bond donors (Lipinski definition) is 1. The van der Waals surface area contributed by atoms with Crippen LogP contribution in [0.5, 0.6) is 0 Å². The first-order chi connectivity index (χ1) is 16.5. The molecule has 0 fully saturated rings. The van der Waals surface area contributed by atoms with Crippen molar-refractivity contribution >= 4 is 28.5 Å². The van der Waals surface area contributed by atoms with E-state index in [0.29, 0.717) is 16.1 Å². The van der Waals surface area contributed by atoms with Crippen LogP contribution in [0.3, 0.4) is 0 Å². The van der Waals surface area contributed by atoms with Crippen molar-refractivity contribution < 1.29 is 4.79 Å². The van der Waals surface area contributed by atoms with Crippen molar-refractivity contribution in [1.29, 1.82) is 0 Å². The van der Waals surface area contributed by atoms with Gasteiger partial charge in [0.2, 0.25) is 5.91 Å². The fraction of sp³-hybridized carbons (Fsp3) is 0.222. The first-order valence-electron chi connectivity index (χ1n) is 11.4. The second kappa shape index (κ2) is 9.31. The van der Waals surface area contributed by atoms with Crippen LogP contribution in [-0.4, -0.2) is 15.0 Å². The Morgan fingerprint density at radius 3 is 2.29 bits per heavy atom. The topological polar surface area (TPSA) is 73.1 Å². The summed E-state index contributed by atoms with van der Waals surface area (Å²) < 4.78 is 2.73. The molecule has 0 saturated carbocycles. The van der Waals surface area contributed by atoms with Gasteiger partial charge in [0.1, 0.15) is 6.54 Å². The number of nitrogens with zero attached hydrogens (tertiary/aromatic N) is 2. The van der Waals surface area contributed by atoms with Gasteiger partial charge in [0.25, 0.3) is 0 Å². The highest BCUT2D eigenvalue weighted by Gasteiger charge is 2.22. The van der Waals surface area contributed by atoms with Crippen molar-refractivity contribution in [1.82, 2.24) is 14.5 Å². The van der Waals surface area contributed by atoms with E-state index in [2.05, 4.69) is 11.4 Å². The molecule has 3 aromatic carbocycles. The highest BCUT2D eigenvalue weighted by Crippen LogP contribution is 2.29. The van der Waals surface area contributed by atoms with E-state index < -0.39 is 11.1 Å². The molecule has 1 amide bonds. The van der Waals surface area contributed by atoms with Crippen LogP contribution in [-0.2, 0) is 24.3 Å². The van der Waals surface area contributed by atoms with Gasteiger partial charge in [-0.25, -0.2) is 0 Å². The van der Waals surface area contributed by atoms with Gasteiger partial charge < -0.3 is 5.32 Å². The van der Waals surface area contributed by atoms with Crippen LogP contribution >= 0.6 is 11.6 Å². The number of nitrogens with one attached hydrogen (secondary N) is 1. The molecule has 34 heavy (non-hydrogen) atoms. The van der Waals surface area contributed by atoms with Gasteiger partial charge in [-0.3, -0.25) is 23.5 Å². The minimum absolute atomic E-state index is 0.0929. The Bertz CT molecular complexity index is 1490. The molecule has 1 aliphatic carbocycles. The Morgan fingerprint density at radius 2 is 1.53 bits per heavy atom. The number of aromatic nitrogens is 2. The van der Waals surface area contributed by atoms with Crippen molar-refractivity contribution in [2.75, 3.05) is 0 Å². The maximum atomic E-state index is 13.1. The molecular weight excluding hydrogens is 450 g/mol. The molecule has 0 radical (unpaired) electrons. The van der Waals surface area contributed by atoms with E-state index in [-0.39, 0.29) is 25.0 Å². The number of para-hydroxylation sites is 2. The third kappa shape index (κ3) is 4.29. The lowest BCUT2D eigenvalue weighted by atomic mass is 9.88. The summed E-state index contributed by atoms with van der Waals surface area (Å²) in [6.45, 7) is 0.0205. The summed E-state index contributed by atoms with van der Waals surface area (Å²) in [6, 6.07) is 22.3. The van der Waals surface area contributed by atoms with Crippen LogP contribution in [0.2, 0.25) is 5.02 Å². The van der Waals surface area contributed by atoms with Crippen LogP contribution in [0, 0.1) is 0 Å². The smallest absolute Gasteiger partial charge is 0.317 e. The third-order valence-corrected chi connectivity index (χ3v) is 6.65. The Hall–Kier alpha value is -3.64. The van der Waals surface area contributed by atoms with Gasteiger partial charge in [0, 0.05) is 5.02 Å². The zero-order valence-corrected chi connectivity index (χ0v) is 19.3. The maximum absolute atomic E-state index is 13.1. The van der Waals surface area contributed by atoms with Gasteiger partial charge in [0.15, 0.2) is 0 Å². The van der Waals surface area contributed by atoms with E-state index in [0.717, 1.165) is 30.4 Å². The molecule has 172 valence electrons. The van der Waals surface area contributed by atoms with Crippen LogP contribution in [0.15, 0.2) is 82.4 Å². The number of carbonyl (C=O) groups is 1. The molecule has 1 N–H and O–H groups in total. The van der Waals surface area contributed by atoms with Gasteiger partial charge >= 0.3 is 11.1 Å². The normalized spacial score (nSPS) is 15.1. The molecule has 0 unspecified atom stereocenters. The number of fused-ring (bicyclic) bond motifs is 2. The van der Waals surface area contributed by atoms with E-state index in [4.69, 9.17) is 11.6 Å². The van der Waals surface area contributed by atoms with Crippen molar-refractivity contribution in [2.45, 2.75) is 38.4 Å². The molecule has 0 bridgehead atoms. The predicted molar refractivity (Wildman–Crippen MR) is 133 cm³/mol. The Kier molecular flexibility index (Phi) is 6.07. The molecule has 6 nitrogen and oxygen atoms in total. The van der Waals surface area contributed by atoms with E-state index in [1.807, 2.05) is 36.4 Å². The van der Waals surface area contributed by atoms with Gasteiger partial charge in [-0.2, -0.15) is 0 Å². The largest absolute Gasteiger partial charge is 0.348 e. The molecule has 1 atom stereocenters. The Labute approximate surface area is 201 Å². The zero-order valence-electron chi connectivity index (χ0n) is 18.5. The number of rotatable bonds is 5. The lowest BCUT2D eigenvalue weighted by molar-refractivity contribution is -0.122. The van der Waals surface area contributed by atoms with Crippen LogP contribution in [0.1, 0.15) is 35.6 Å². The average molecular weight is 474 g/mol. The number of benzene rings is 3. The molecular formula is C27H24ClN3O3. The zero-order chi connectivity index (χ0) is 23.7. The summed E-state index contributed by atoms with van der Waals surface area (Å²) in [5.74, 6) is -0.288. The minimum atomic E-state index is -0.716. The third-order valence-electron chi connectivity index (χ3n) is 6.40. The van der Waals surface area contributed by atoms with Crippen LogP contribution < -0.4 is 16.4 Å². The fourth-order valence-electron chi connectivity index (χ4n) is 4.74. The van der Waals surface area contributed by atoms with Crippen molar-refractivity contribution in [2.24, 2.45) is 0 Å². The lowest BCUT2D eigenvalue weighted by Crippen LogP contribution is -2.44. The number of amides is 1. The molecule has 0 saturated heterocycles. The van der Waals surface area contributed by atoms with E-state index in [1.165, 1.54) is 14.7 Å². The Morgan fingerprint density at radius 1 is 0.882 bits per heavy atom. The summed E-state index contributed by atoms with van der Waals surface area (Å²) in [6.07, 6.45) is 2.84. The molecule has 0 aliphatic heterocycles. The minimum Gasteiger partial charge on any atom is -0.348 e. The van der Waals surface area contributed by atoms with E-state index in [1.54, 1.807) is 30.3 Å². The number of aryl methyl sites for hydroxylation is 1. The highest BCUT2D eigenvalue weighted by molar-refractivity contribution is 6.30. The summed E-state index contributed by atoms with van der Waals surface area (Å²) in [5.41, 5.74) is 2.97. The molecule has 0 spiro atoms. The number of halogens is 1. The number of carbonyl (C=O) groups excluding carboxylic acids is 1. The van der Waals surface area contributed by atoms with Crippen LogP contribution in [0.4, 0.5) is 0 Å². The SMILES string of the molecule is O=C(Cn1c(=O)c(=O)n(Cc2ccc(Cl)cc2)c2ccccc21)N[C@H]1CCCc2ccccc21. The van der Waals surface area contributed by atoms with Gasteiger partial charge in [0.05, 0.1) is 23.6 Å². The Balaban J connectivity index is 1.47. The molecule has 7 heteroatoms. The average Bonchev–Trinajstić information content (AvgIpc) is 2.86. The monoisotopic (exact) mass is 473 g/mol. The lowest BCUT2D eigenvalue weighted by Gasteiger charge is -2.26. The summed E-state index contributed by atoms with van der Waals surface area (Å²) in [4.78, 5) is 39.2. The fourth-order valence-corrected chi connectivity index (χ4v) is 4.87. The summed E-state index contributed by atoms with van der Waals surface area (Å²) in [5, 5.41) is 3.67.